The summed E-state index contributed by atoms with van der Waals surface area (Å²) in [6.45, 7) is 0.390. The number of methoxy groups -OCH3 is 1. The van der Waals surface area contributed by atoms with Gasteiger partial charge in [0, 0.05) is 7.11 Å². The third-order valence-corrected chi connectivity index (χ3v) is 2.92. The molecule has 4 nitrogen and oxygen atoms in total. The van der Waals surface area contributed by atoms with E-state index in [1.165, 1.54) is 19.2 Å². The van der Waals surface area contributed by atoms with Crippen LogP contribution in [-0.2, 0) is 14.9 Å². The molecule has 0 fully saturated rings. The highest BCUT2D eigenvalue weighted by Crippen LogP contribution is 2.27. The van der Waals surface area contributed by atoms with E-state index >= 15 is 0 Å². The Morgan fingerprint density at radius 2 is 1.79 bits per heavy atom. The summed E-state index contributed by atoms with van der Waals surface area (Å²) in [4.78, 5) is 0. The molecule has 0 aromatic heterocycles. The summed E-state index contributed by atoms with van der Waals surface area (Å²) in [5.74, 6) is -0.402. The van der Waals surface area contributed by atoms with Gasteiger partial charge in [0.2, 0.25) is 0 Å². The van der Waals surface area contributed by atoms with Gasteiger partial charge < -0.3 is 8.92 Å². The van der Waals surface area contributed by atoms with E-state index in [1.54, 1.807) is 12.2 Å². The lowest BCUT2D eigenvalue weighted by Gasteiger charge is -2.09. The highest BCUT2D eigenvalue weighted by Gasteiger charge is 2.48. The summed E-state index contributed by atoms with van der Waals surface area (Å²) in [5.41, 5.74) is -4.77. The molecule has 106 valence electrons. The molecule has 1 rings (SSSR count). The fraction of sp³-hybridized carbons (Fsp3) is 0.273. The van der Waals surface area contributed by atoms with Gasteiger partial charge in [0.05, 0.1) is 6.61 Å². The second kappa shape index (κ2) is 6.07. The Morgan fingerprint density at radius 1 is 1.21 bits per heavy atom. The lowest BCUT2D eigenvalue weighted by Crippen LogP contribution is -2.28. The number of hydrogen-bond donors (Lipinski definition) is 0. The molecule has 0 aliphatic carbocycles. The van der Waals surface area contributed by atoms with E-state index in [2.05, 4.69) is 4.18 Å². The van der Waals surface area contributed by atoms with Crippen LogP contribution >= 0.6 is 0 Å². The predicted molar refractivity (Wildman–Crippen MR) is 63.0 cm³/mol. The van der Waals surface area contributed by atoms with E-state index in [0.717, 1.165) is 12.1 Å². The molecule has 0 aliphatic heterocycles. The van der Waals surface area contributed by atoms with Crippen molar-refractivity contribution in [3.63, 3.8) is 0 Å². The molecule has 1 aromatic carbocycles. The molecule has 0 aliphatic rings. The summed E-state index contributed by atoms with van der Waals surface area (Å²) in [7, 11) is -4.11. The molecule has 8 heteroatoms. The zero-order valence-corrected chi connectivity index (χ0v) is 10.7. The second-order valence-electron chi connectivity index (χ2n) is 3.41. The maximum Gasteiger partial charge on any atom is 0.534 e. The summed E-state index contributed by atoms with van der Waals surface area (Å²) in [5, 5.41) is 0. The SMILES string of the molecule is COC/C=C/c1ccc(OS(=O)(=O)C(F)(F)F)cc1. The fourth-order valence-corrected chi connectivity index (χ4v) is 1.55. The third kappa shape index (κ3) is 4.56. The molecule has 0 saturated carbocycles. The molecule has 0 N–H and O–H groups in total. The summed E-state index contributed by atoms with van der Waals surface area (Å²) in [6.07, 6.45) is 3.37. The van der Waals surface area contributed by atoms with Crippen molar-refractivity contribution in [1.29, 1.82) is 0 Å². The maximum atomic E-state index is 12.1. The molecular formula is C11H11F3O4S. The first-order valence-corrected chi connectivity index (χ1v) is 6.43. The van der Waals surface area contributed by atoms with E-state index in [-0.39, 0.29) is 0 Å². The van der Waals surface area contributed by atoms with Crippen molar-refractivity contribution in [2.75, 3.05) is 13.7 Å². The summed E-state index contributed by atoms with van der Waals surface area (Å²) >= 11 is 0. The Bertz CT molecular complexity index is 532. The molecule has 1 aromatic rings. The van der Waals surface area contributed by atoms with Crippen LogP contribution in [0.4, 0.5) is 13.2 Å². The fourth-order valence-electron chi connectivity index (χ4n) is 1.09. The Hall–Kier alpha value is -1.54. The number of halogens is 3. The number of benzene rings is 1. The molecule has 0 bridgehead atoms. The highest BCUT2D eigenvalue weighted by atomic mass is 32.2. The molecule has 0 heterocycles. The first-order valence-electron chi connectivity index (χ1n) is 5.02. The van der Waals surface area contributed by atoms with Crippen molar-refractivity contribution in [3.8, 4) is 5.75 Å². The van der Waals surface area contributed by atoms with Gasteiger partial charge in [0.15, 0.2) is 0 Å². The van der Waals surface area contributed by atoms with Gasteiger partial charge in [-0.25, -0.2) is 0 Å². The van der Waals surface area contributed by atoms with Crippen LogP contribution < -0.4 is 4.18 Å². The molecule has 0 spiro atoms. The van der Waals surface area contributed by atoms with Crippen molar-refractivity contribution >= 4 is 16.2 Å². The summed E-state index contributed by atoms with van der Waals surface area (Å²) in [6, 6.07) is 5.12. The Labute approximate surface area is 108 Å². The standard InChI is InChI=1S/C11H11F3O4S/c1-17-8-2-3-9-4-6-10(7-5-9)18-19(15,16)11(12,13)14/h2-7H,8H2,1H3/b3-2+. The largest absolute Gasteiger partial charge is 0.534 e. The lowest BCUT2D eigenvalue weighted by atomic mass is 10.2. The highest BCUT2D eigenvalue weighted by molar-refractivity contribution is 7.87. The van der Waals surface area contributed by atoms with Crippen LogP contribution in [0.25, 0.3) is 6.08 Å². The van der Waals surface area contributed by atoms with Crippen LogP contribution in [0.2, 0.25) is 0 Å². The zero-order valence-electron chi connectivity index (χ0n) is 9.85. The van der Waals surface area contributed by atoms with Crippen LogP contribution in [0.5, 0.6) is 5.75 Å². The maximum absolute atomic E-state index is 12.1. The van der Waals surface area contributed by atoms with Gasteiger partial charge in [0.1, 0.15) is 5.75 Å². The first-order chi connectivity index (χ1) is 8.76. The van der Waals surface area contributed by atoms with E-state index in [0.29, 0.717) is 12.2 Å². The number of ether oxygens (including phenoxy) is 1. The smallest absolute Gasteiger partial charge is 0.381 e. The van der Waals surface area contributed by atoms with Crippen LogP contribution in [0.15, 0.2) is 30.3 Å². The minimum absolute atomic E-state index is 0.390. The van der Waals surface area contributed by atoms with E-state index in [9.17, 15) is 21.6 Å². The van der Waals surface area contributed by atoms with E-state index < -0.39 is 21.4 Å². The number of hydrogen-bond acceptors (Lipinski definition) is 4. The molecule has 0 amide bonds. The second-order valence-corrected chi connectivity index (χ2v) is 4.95. The van der Waals surface area contributed by atoms with Crippen molar-refractivity contribution in [1.82, 2.24) is 0 Å². The lowest BCUT2D eigenvalue weighted by molar-refractivity contribution is -0.0500. The van der Waals surface area contributed by atoms with Gasteiger partial charge in [-0.2, -0.15) is 21.6 Å². The van der Waals surface area contributed by atoms with Gasteiger partial charge in [-0.1, -0.05) is 24.3 Å². The molecule has 19 heavy (non-hydrogen) atoms. The first kappa shape index (κ1) is 15.5. The average Bonchev–Trinajstić information content (AvgIpc) is 2.30. The number of alkyl halides is 3. The van der Waals surface area contributed by atoms with Gasteiger partial charge >= 0.3 is 15.6 Å². The molecule has 0 unspecified atom stereocenters. The zero-order chi connectivity index (χ0) is 14.5. The van der Waals surface area contributed by atoms with Crippen LogP contribution in [0.3, 0.4) is 0 Å². The van der Waals surface area contributed by atoms with Crippen molar-refractivity contribution in [2.45, 2.75) is 5.51 Å². The molecule has 0 atom stereocenters. The van der Waals surface area contributed by atoms with Gasteiger partial charge in [-0.3, -0.25) is 0 Å². The Morgan fingerprint density at radius 3 is 2.26 bits per heavy atom. The molecule has 0 saturated heterocycles. The minimum Gasteiger partial charge on any atom is -0.381 e. The van der Waals surface area contributed by atoms with Crippen molar-refractivity contribution in [2.24, 2.45) is 0 Å². The predicted octanol–water partition coefficient (Wildman–Crippen LogP) is 2.57. The van der Waals surface area contributed by atoms with Crippen LogP contribution in [-0.4, -0.2) is 27.6 Å². The van der Waals surface area contributed by atoms with Crippen molar-refractivity contribution < 1.29 is 30.5 Å². The normalized spacial score (nSPS) is 12.8. The van der Waals surface area contributed by atoms with Gasteiger partial charge in [0.25, 0.3) is 0 Å². The van der Waals surface area contributed by atoms with Crippen LogP contribution in [0, 0.1) is 0 Å². The minimum atomic E-state index is -5.62. The van der Waals surface area contributed by atoms with E-state index in [1.807, 2.05) is 0 Å². The Kier molecular flexibility index (Phi) is 4.96. The van der Waals surface area contributed by atoms with E-state index in [4.69, 9.17) is 4.74 Å². The molecule has 0 radical (unpaired) electrons. The molecular weight excluding hydrogens is 285 g/mol. The average molecular weight is 296 g/mol. The third-order valence-electron chi connectivity index (χ3n) is 1.94. The van der Waals surface area contributed by atoms with Gasteiger partial charge in [-0.15, -0.1) is 0 Å². The van der Waals surface area contributed by atoms with Crippen LogP contribution in [0.1, 0.15) is 5.56 Å². The van der Waals surface area contributed by atoms with Gasteiger partial charge in [-0.05, 0) is 17.7 Å². The van der Waals surface area contributed by atoms with Crippen molar-refractivity contribution in [3.05, 3.63) is 35.9 Å². The monoisotopic (exact) mass is 296 g/mol. The number of rotatable bonds is 5. The summed E-state index contributed by atoms with van der Waals surface area (Å²) < 4.78 is 66.4. The quantitative estimate of drug-likeness (QED) is 0.619. The Balaban J connectivity index is 2.78. The topological polar surface area (TPSA) is 52.6 Å².